The first-order valence-corrected chi connectivity index (χ1v) is 9.59. The predicted octanol–water partition coefficient (Wildman–Crippen LogP) is 5.57. The number of rotatable bonds is 4. The number of nitrogens with zero attached hydrogens (tertiary/aromatic N) is 1. The Balaban J connectivity index is 1.56. The Hall–Kier alpha value is -2.72. The van der Waals surface area contributed by atoms with E-state index in [9.17, 15) is 4.79 Å². The molecule has 26 heavy (non-hydrogen) atoms. The number of amides is 1. The van der Waals surface area contributed by atoms with Crippen molar-refractivity contribution in [2.24, 2.45) is 0 Å². The highest BCUT2D eigenvalue weighted by molar-refractivity contribution is 8.00. The Morgan fingerprint density at radius 3 is 2.23 bits per heavy atom. The highest BCUT2D eigenvalue weighted by Gasteiger charge is 2.33. The zero-order valence-electron chi connectivity index (χ0n) is 14.5. The van der Waals surface area contributed by atoms with Gasteiger partial charge in [0.05, 0.1) is 5.75 Å². The fourth-order valence-electron chi connectivity index (χ4n) is 2.98. The van der Waals surface area contributed by atoms with E-state index < -0.39 is 0 Å². The molecule has 4 heteroatoms. The molecule has 0 saturated carbocycles. The minimum atomic E-state index is -0.00372. The zero-order chi connectivity index (χ0) is 17.9. The van der Waals surface area contributed by atoms with Crippen molar-refractivity contribution in [3.63, 3.8) is 0 Å². The molecule has 1 aliphatic heterocycles. The lowest BCUT2D eigenvalue weighted by atomic mass is 10.1. The fourth-order valence-corrected chi connectivity index (χ4v) is 4.16. The maximum absolute atomic E-state index is 12.4. The van der Waals surface area contributed by atoms with Crippen LogP contribution in [0.3, 0.4) is 0 Å². The third-order valence-corrected chi connectivity index (χ3v) is 5.54. The summed E-state index contributed by atoms with van der Waals surface area (Å²) < 4.78 is 5.85. The fraction of sp³-hybridized carbons (Fsp3) is 0.136. The van der Waals surface area contributed by atoms with Crippen LogP contribution in [-0.4, -0.2) is 11.7 Å². The maximum Gasteiger partial charge on any atom is 0.238 e. The molecule has 0 aliphatic carbocycles. The number of para-hydroxylation sites is 1. The van der Waals surface area contributed by atoms with E-state index in [0.29, 0.717) is 5.75 Å². The van der Waals surface area contributed by atoms with Crippen molar-refractivity contribution in [1.82, 2.24) is 0 Å². The van der Waals surface area contributed by atoms with Crippen molar-refractivity contribution in [1.29, 1.82) is 0 Å². The lowest BCUT2D eigenvalue weighted by molar-refractivity contribution is -0.115. The summed E-state index contributed by atoms with van der Waals surface area (Å²) in [5.74, 6) is 2.25. The van der Waals surface area contributed by atoms with Crippen LogP contribution in [0.15, 0.2) is 78.9 Å². The largest absolute Gasteiger partial charge is 0.457 e. The van der Waals surface area contributed by atoms with Gasteiger partial charge in [0, 0.05) is 5.69 Å². The van der Waals surface area contributed by atoms with Crippen LogP contribution in [0.4, 0.5) is 5.69 Å². The number of aryl methyl sites for hydroxylation is 1. The molecule has 0 radical (unpaired) electrons. The van der Waals surface area contributed by atoms with Gasteiger partial charge in [-0.3, -0.25) is 9.69 Å². The van der Waals surface area contributed by atoms with Crippen molar-refractivity contribution in [3.8, 4) is 11.5 Å². The van der Waals surface area contributed by atoms with Crippen LogP contribution in [0, 0.1) is 6.92 Å². The minimum Gasteiger partial charge on any atom is -0.457 e. The summed E-state index contributed by atoms with van der Waals surface area (Å²) in [5, 5.41) is -0.00372. The summed E-state index contributed by atoms with van der Waals surface area (Å²) in [6, 6.07) is 25.8. The van der Waals surface area contributed by atoms with Gasteiger partial charge in [-0.15, -0.1) is 11.8 Å². The van der Waals surface area contributed by atoms with Gasteiger partial charge in [0.1, 0.15) is 16.9 Å². The van der Waals surface area contributed by atoms with Crippen molar-refractivity contribution in [2.75, 3.05) is 10.7 Å². The topological polar surface area (TPSA) is 29.5 Å². The SMILES string of the molecule is Cc1ccc(N2C(=O)CS[C@H]2c2ccc(Oc3ccccc3)cc2)cc1. The molecule has 3 aromatic carbocycles. The highest BCUT2D eigenvalue weighted by atomic mass is 32.2. The molecule has 0 aromatic heterocycles. The molecule has 0 spiro atoms. The van der Waals surface area contributed by atoms with E-state index in [-0.39, 0.29) is 11.3 Å². The van der Waals surface area contributed by atoms with Crippen molar-refractivity contribution in [3.05, 3.63) is 90.0 Å². The number of thioether (sulfide) groups is 1. The number of hydrogen-bond acceptors (Lipinski definition) is 3. The summed E-state index contributed by atoms with van der Waals surface area (Å²) in [5.41, 5.74) is 3.23. The number of carbonyl (C=O) groups is 1. The Morgan fingerprint density at radius 1 is 0.885 bits per heavy atom. The summed E-state index contributed by atoms with van der Waals surface area (Å²) >= 11 is 1.66. The Labute approximate surface area is 157 Å². The molecule has 0 N–H and O–H groups in total. The highest BCUT2D eigenvalue weighted by Crippen LogP contribution is 2.42. The first kappa shape index (κ1) is 16.7. The van der Waals surface area contributed by atoms with Gasteiger partial charge in [-0.05, 0) is 48.9 Å². The molecule has 1 amide bonds. The molecule has 1 atom stereocenters. The van der Waals surface area contributed by atoms with Gasteiger partial charge in [-0.25, -0.2) is 0 Å². The second-order valence-electron chi connectivity index (χ2n) is 6.25. The van der Waals surface area contributed by atoms with Gasteiger partial charge in [0.25, 0.3) is 0 Å². The molecule has 0 unspecified atom stereocenters. The van der Waals surface area contributed by atoms with Crippen LogP contribution in [0.1, 0.15) is 16.5 Å². The predicted molar refractivity (Wildman–Crippen MR) is 107 cm³/mol. The normalized spacial score (nSPS) is 16.7. The lowest BCUT2D eigenvalue weighted by Crippen LogP contribution is -2.27. The van der Waals surface area contributed by atoms with Gasteiger partial charge in [0.2, 0.25) is 5.91 Å². The van der Waals surface area contributed by atoms with Crippen LogP contribution in [0.5, 0.6) is 11.5 Å². The summed E-state index contributed by atoms with van der Waals surface area (Å²) in [6.45, 7) is 2.05. The number of benzene rings is 3. The van der Waals surface area contributed by atoms with Gasteiger partial charge in [-0.1, -0.05) is 48.0 Å². The molecule has 130 valence electrons. The molecule has 1 heterocycles. The van der Waals surface area contributed by atoms with E-state index in [1.807, 2.05) is 90.7 Å². The van der Waals surface area contributed by atoms with E-state index in [2.05, 4.69) is 0 Å². The standard InChI is InChI=1S/C22H19NO2S/c1-16-7-11-18(12-8-16)23-21(24)15-26-22(23)17-9-13-20(14-10-17)25-19-5-3-2-4-6-19/h2-14,22H,15H2,1H3/t22-/m0/s1. The van der Waals surface area contributed by atoms with Crippen LogP contribution >= 0.6 is 11.8 Å². The van der Waals surface area contributed by atoms with Crippen LogP contribution in [0.2, 0.25) is 0 Å². The zero-order valence-corrected chi connectivity index (χ0v) is 15.3. The smallest absolute Gasteiger partial charge is 0.238 e. The monoisotopic (exact) mass is 361 g/mol. The van der Waals surface area contributed by atoms with E-state index in [1.54, 1.807) is 11.8 Å². The average Bonchev–Trinajstić information content (AvgIpc) is 3.05. The minimum absolute atomic E-state index is 0.00372. The first-order valence-electron chi connectivity index (χ1n) is 8.54. The van der Waals surface area contributed by atoms with Gasteiger partial charge >= 0.3 is 0 Å². The van der Waals surface area contributed by atoms with Gasteiger partial charge in [0.15, 0.2) is 0 Å². The number of anilines is 1. The Morgan fingerprint density at radius 2 is 1.54 bits per heavy atom. The lowest BCUT2D eigenvalue weighted by Gasteiger charge is -2.24. The van der Waals surface area contributed by atoms with E-state index in [4.69, 9.17) is 4.74 Å². The summed E-state index contributed by atoms with van der Waals surface area (Å²) in [7, 11) is 0. The maximum atomic E-state index is 12.4. The number of hydrogen-bond donors (Lipinski definition) is 0. The van der Waals surface area contributed by atoms with Crippen LogP contribution in [0.25, 0.3) is 0 Å². The molecular formula is C22H19NO2S. The molecule has 0 bridgehead atoms. The second kappa shape index (κ2) is 7.26. The third-order valence-electron chi connectivity index (χ3n) is 4.32. The third kappa shape index (κ3) is 3.46. The molecule has 4 rings (SSSR count). The molecule has 1 aliphatic rings. The average molecular weight is 361 g/mol. The van der Waals surface area contributed by atoms with Crippen LogP contribution < -0.4 is 9.64 Å². The van der Waals surface area contributed by atoms with Crippen molar-refractivity contribution < 1.29 is 9.53 Å². The van der Waals surface area contributed by atoms with Gasteiger partial charge in [-0.2, -0.15) is 0 Å². The van der Waals surface area contributed by atoms with Crippen molar-refractivity contribution >= 4 is 23.4 Å². The Kier molecular flexibility index (Phi) is 4.67. The molecular weight excluding hydrogens is 342 g/mol. The first-order chi connectivity index (χ1) is 12.7. The molecule has 1 saturated heterocycles. The second-order valence-corrected chi connectivity index (χ2v) is 7.32. The molecule has 3 nitrogen and oxygen atoms in total. The molecule has 1 fully saturated rings. The quantitative estimate of drug-likeness (QED) is 0.609. The van der Waals surface area contributed by atoms with Crippen molar-refractivity contribution in [2.45, 2.75) is 12.3 Å². The summed E-state index contributed by atoms with van der Waals surface area (Å²) in [4.78, 5) is 14.3. The molecule has 3 aromatic rings. The van der Waals surface area contributed by atoms with Crippen LogP contribution in [-0.2, 0) is 4.79 Å². The van der Waals surface area contributed by atoms with E-state index in [0.717, 1.165) is 22.7 Å². The van der Waals surface area contributed by atoms with E-state index in [1.165, 1.54) is 5.56 Å². The van der Waals surface area contributed by atoms with Gasteiger partial charge < -0.3 is 4.74 Å². The summed E-state index contributed by atoms with van der Waals surface area (Å²) in [6.07, 6.45) is 0. The Bertz CT molecular complexity index is 892. The number of carbonyl (C=O) groups excluding carboxylic acids is 1. The van der Waals surface area contributed by atoms with E-state index >= 15 is 0 Å². The number of ether oxygens (including phenoxy) is 1.